The van der Waals surface area contributed by atoms with Gasteiger partial charge in [-0.05, 0) is 36.2 Å². The fraction of sp³-hybridized carbons (Fsp3) is 0.167. The van der Waals surface area contributed by atoms with Crippen LogP contribution in [0.25, 0.3) is 0 Å². The van der Waals surface area contributed by atoms with Gasteiger partial charge in [-0.15, -0.1) is 5.10 Å². The smallest absolute Gasteiger partial charge is 0.149 e. The van der Waals surface area contributed by atoms with E-state index in [9.17, 15) is 0 Å². The number of nitrogens with one attached hydrogen (secondary N) is 1. The van der Waals surface area contributed by atoms with E-state index in [1.165, 1.54) is 0 Å². The minimum absolute atomic E-state index is 0.718. The molecule has 0 saturated heterocycles. The van der Waals surface area contributed by atoms with Crippen LogP contribution in [0.4, 0.5) is 5.82 Å². The Labute approximate surface area is 99.5 Å². The quantitative estimate of drug-likeness (QED) is 0.886. The van der Waals surface area contributed by atoms with E-state index < -0.39 is 0 Å². The van der Waals surface area contributed by atoms with Crippen molar-refractivity contribution < 1.29 is 0 Å². The van der Waals surface area contributed by atoms with E-state index in [2.05, 4.69) is 15.5 Å². The highest BCUT2D eigenvalue weighted by Crippen LogP contribution is 2.11. The Morgan fingerprint density at radius 1 is 1.25 bits per heavy atom. The summed E-state index contributed by atoms with van der Waals surface area (Å²) in [6.45, 7) is 2.71. The van der Waals surface area contributed by atoms with Gasteiger partial charge >= 0.3 is 0 Å². The highest BCUT2D eigenvalue weighted by Gasteiger charge is 1.96. The molecule has 3 nitrogen and oxygen atoms in total. The fourth-order valence-electron chi connectivity index (χ4n) is 1.35. The highest BCUT2D eigenvalue weighted by atomic mass is 35.5. The molecule has 0 aliphatic heterocycles. The highest BCUT2D eigenvalue weighted by molar-refractivity contribution is 6.30. The molecule has 0 radical (unpaired) electrons. The lowest BCUT2D eigenvalue weighted by Gasteiger charge is -2.05. The van der Waals surface area contributed by atoms with Gasteiger partial charge in [0.05, 0.1) is 6.20 Å². The van der Waals surface area contributed by atoms with Crippen molar-refractivity contribution in [1.82, 2.24) is 10.2 Å². The lowest BCUT2D eigenvalue weighted by molar-refractivity contribution is 0.988. The van der Waals surface area contributed by atoms with Crippen LogP contribution in [0.5, 0.6) is 0 Å². The summed E-state index contributed by atoms with van der Waals surface area (Å²) in [5, 5.41) is 11.8. The summed E-state index contributed by atoms with van der Waals surface area (Å²) in [4.78, 5) is 0. The number of benzene rings is 1. The van der Waals surface area contributed by atoms with Crippen LogP contribution in [0.2, 0.25) is 5.02 Å². The van der Waals surface area contributed by atoms with Crippen LogP contribution < -0.4 is 5.32 Å². The Morgan fingerprint density at radius 3 is 2.69 bits per heavy atom. The zero-order chi connectivity index (χ0) is 11.4. The Balaban J connectivity index is 1.99. The number of aromatic nitrogens is 2. The molecule has 0 aliphatic rings. The summed E-state index contributed by atoms with van der Waals surface area (Å²) < 4.78 is 0. The molecule has 0 unspecified atom stereocenters. The first-order valence-corrected chi connectivity index (χ1v) is 5.39. The van der Waals surface area contributed by atoms with E-state index in [4.69, 9.17) is 11.6 Å². The number of nitrogens with zero attached hydrogens (tertiary/aromatic N) is 2. The van der Waals surface area contributed by atoms with Gasteiger partial charge in [-0.2, -0.15) is 5.10 Å². The van der Waals surface area contributed by atoms with Crippen molar-refractivity contribution in [1.29, 1.82) is 0 Å². The molecule has 1 heterocycles. The average Bonchev–Trinajstić information content (AvgIpc) is 2.28. The van der Waals surface area contributed by atoms with Crippen molar-refractivity contribution in [2.24, 2.45) is 0 Å². The van der Waals surface area contributed by atoms with Crippen LogP contribution in [0, 0.1) is 6.92 Å². The van der Waals surface area contributed by atoms with Gasteiger partial charge in [-0.1, -0.05) is 23.7 Å². The standard InChI is InChI=1S/C12H12ClN3/c1-9-6-12(16-15-7-9)14-8-10-2-4-11(13)5-3-10/h2-7H,8H2,1H3,(H,14,16). The van der Waals surface area contributed by atoms with Gasteiger partial charge in [0.25, 0.3) is 0 Å². The Hall–Kier alpha value is -1.61. The maximum atomic E-state index is 5.81. The maximum Gasteiger partial charge on any atom is 0.149 e. The minimum atomic E-state index is 0.718. The molecule has 4 heteroatoms. The summed E-state index contributed by atoms with van der Waals surface area (Å²) in [5.41, 5.74) is 2.25. The molecule has 1 aromatic heterocycles. The van der Waals surface area contributed by atoms with Crippen molar-refractivity contribution in [3.05, 3.63) is 52.7 Å². The predicted octanol–water partition coefficient (Wildman–Crippen LogP) is 3.05. The van der Waals surface area contributed by atoms with E-state index in [-0.39, 0.29) is 0 Å². The number of halogens is 1. The van der Waals surface area contributed by atoms with Gasteiger partial charge in [-0.3, -0.25) is 0 Å². The van der Waals surface area contributed by atoms with E-state index in [1.54, 1.807) is 6.20 Å². The SMILES string of the molecule is Cc1cnnc(NCc2ccc(Cl)cc2)c1. The van der Waals surface area contributed by atoms with Crippen LogP contribution in [-0.4, -0.2) is 10.2 Å². The van der Waals surface area contributed by atoms with E-state index in [0.29, 0.717) is 0 Å². The van der Waals surface area contributed by atoms with Crippen LogP contribution in [0.3, 0.4) is 0 Å². The maximum absolute atomic E-state index is 5.81. The fourth-order valence-corrected chi connectivity index (χ4v) is 1.47. The number of rotatable bonds is 3. The van der Waals surface area contributed by atoms with E-state index >= 15 is 0 Å². The van der Waals surface area contributed by atoms with E-state index in [0.717, 1.165) is 28.5 Å². The zero-order valence-corrected chi connectivity index (χ0v) is 9.70. The summed E-state index contributed by atoms with van der Waals surface area (Å²) in [6.07, 6.45) is 1.73. The van der Waals surface area contributed by atoms with Crippen LogP contribution in [-0.2, 0) is 6.54 Å². The second kappa shape index (κ2) is 4.94. The third kappa shape index (κ3) is 2.94. The van der Waals surface area contributed by atoms with Gasteiger partial charge in [0.2, 0.25) is 0 Å². The molecule has 0 bridgehead atoms. The first-order valence-electron chi connectivity index (χ1n) is 5.02. The lowest BCUT2D eigenvalue weighted by atomic mass is 10.2. The van der Waals surface area contributed by atoms with Crippen molar-refractivity contribution >= 4 is 17.4 Å². The topological polar surface area (TPSA) is 37.8 Å². The number of hydrogen-bond donors (Lipinski definition) is 1. The molecule has 1 N–H and O–H groups in total. The molecular formula is C12H12ClN3. The summed E-state index contributed by atoms with van der Waals surface area (Å²) in [7, 11) is 0. The molecule has 82 valence electrons. The van der Waals surface area contributed by atoms with Crippen LogP contribution in [0.15, 0.2) is 36.5 Å². The van der Waals surface area contributed by atoms with Gasteiger partial charge in [0.15, 0.2) is 0 Å². The third-order valence-electron chi connectivity index (χ3n) is 2.18. The number of hydrogen-bond acceptors (Lipinski definition) is 3. The second-order valence-corrected chi connectivity index (χ2v) is 4.03. The van der Waals surface area contributed by atoms with Crippen molar-refractivity contribution in [2.45, 2.75) is 13.5 Å². The van der Waals surface area contributed by atoms with Crippen molar-refractivity contribution in [3.63, 3.8) is 0 Å². The predicted molar refractivity (Wildman–Crippen MR) is 65.5 cm³/mol. The molecule has 1 aromatic carbocycles. The molecule has 0 saturated carbocycles. The summed E-state index contributed by atoms with van der Waals surface area (Å²) >= 11 is 5.81. The molecule has 0 amide bonds. The summed E-state index contributed by atoms with van der Waals surface area (Å²) in [5.74, 6) is 0.787. The average molecular weight is 234 g/mol. The molecular weight excluding hydrogens is 222 g/mol. The second-order valence-electron chi connectivity index (χ2n) is 3.60. The molecule has 0 atom stereocenters. The van der Waals surface area contributed by atoms with Crippen LogP contribution in [0.1, 0.15) is 11.1 Å². The summed E-state index contributed by atoms with van der Waals surface area (Å²) in [6, 6.07) is 9.68. The third-order valence-corrected chi connectivity index (χ3v) is 2.43. The molecule has 0 aliphatic carbocycles. The molecule has 16 heavy (non-hydrogen) atoms. The van der Waals surface area contributed by atoms with E-state index in [1.807, 2.05) is 37.3 Å². The Kier molecular flexibility index (Phi) is 3.37. The normalized spacial score (nSPS) is 10.1. The molecule has 2 rings (SSSR count). The largest absolute Gasteiger partial charge is 0.364 e. The minimum Gasteiger partial charge on any atom is -0.364 e. The lowest BCUT2D eigenvalue weighted by Crippen LogP contribution is -2.02. The van der Waals surface area contributed by atoms with Crippen LogP contribution >= 0.6 is 11.6 Å². The molecule has 0 fully saturated rings. The van der Waals surface area contributed by atoms with Crippen molar-refractivity contribution in [3.8, 4) is 0 Å². The van der Waals surface area contributed by atoms with Gasteiger partial charge in [-0.25, -0.2) is 0 Å². The Morgan fingerprint density at radius 2 is 2.00 bits per heavy atom. The first-order chi connectivity index (χ1) is 7.74. The van der Waals surface area contributed by atoms with Gasteiger partial charge in [0.1, 0.15) is 5.82 Å². The van der Waals surface area contributed by atoms with Gasteiger partial charge < -0.3 is 5.32 Å². The van der Waals surface area contributed by atoms with Crippen molar-refractivity contribution in [2.75, 3.05) is 5.32 Å². The first kappa shape index (κ1) is 10.9. The molecule has 2 aromatic rings. The number of aryl methyl sites for hydroxylation is 1. The van der Waals surface area contributed by atoms with Gasteiger partial charge in [0, 0.05) is 11.6 Å². The zero-order valence-electron chi connectivity index (χ0n) is 8.94. The number of anilines is 1. The monoisotopic (exact) mass is 233 g/mol. The Bertz CT molecular complexity index is 468. The molecule has 0 spiro atoms.